The highest BCUT2D eigenvalue weighted by molar-refractivity contribution is 5.74. The smallest absolute Gasteiger partial charge is 0.0393 e. The molecule has 0 amide bonds. The molecule has 0 bridgehead atoms. The minimum absolute atomic E-state index is 0.813. The van der Waals surface area contributed by atoms with E-state index in [1.807, 2.05) is 45.1 Å². The lowest BCUT2D eigenvalue weighted by Crippen LogP contribution is -1.96. The van der Waals surface area contributed by atoms with Gasteiger partial charge < -0.3 is 11.5 Å². The van der Waals surface area contributed by atoms with Crippen molar-refractivity contribution in [1.29, 1.82) is 0 Å². The Morgan fingerprint density at radius 3 is 2.50 bits per heavy atom. The number of nitrogen functional groups attached to an aromatic ring is 1. The summed E-state index contributed by atoms with van der Waals surface area (Å²) in [5.41, 5.74) is 16.9. The summed E-state index contributed by atoms with van der Waals surface area (Å²) >= 11 is 0. The molecular weight excluding hydrogens is 196 g/mol. The molecule has 1 aliphatic carbocycles. The number of anilines is 1. The van der Waals surface area contributed by atoms with Gasteiger partial charge in [-0.05, 0) is 41.8 Å². The molecule has 4 N–H and O–H groups in total. The first kappa shape index (κ1) is 12.4. The van der Waals surface area contributed by atoms with Crippen LogP contribution in [-0.4, -0.2) is 0 Å². The molecule has 1 aromatic rings. The van der Waals surface area contributed by atoms with Gasteiger partial charge in [-0.2, -0.15) is 0 Å². The monoisotopic (exact) mass is 216 g/mol. The Kier molecular flexibility index (Phi) is 4.18. The van der Waals surface area contributed by atoms with Gasteiger partial charge in [0.05, 0.1) is 0 Å². The molecule has 2 heteroatoms. The second-order valence-corrected chi connectivity index (χ2v) is 3.58. The molecule has 0 radical (unpaired) electrons. The summed E-state index contributed by atoms with van der Waals surface area (Å²) in [5, 5.41) is 0. The third-order valence-corrected chi connectivity index (χ3v) is 2.43. The first-order valence-electron chi connectivity index (χ1n) is 5.72. The van der Waals surface area contributed by atoms with E-state index in [0.717, 1.165) is 28.9 Å². The van der Waals surface area contributed by atoms with E-state index in [-0.39, 0.29) is 0 Å². The van der Waals surface area contributed by atoms with Gasteiger partial charge in [-0.15, -0.1) is 0 Å². The topological polar surface area (TPSA) is 52.0 Å². The van der Waals surface area contributed by atoms with Gasteiger partial charge in [-0.3, -0.25) is 0 Å². The predicted octanol–water partition coefficient (Wildman–Crippen LogP) is 3.18. The SMILES string of the molecule is C/C=C/c1cc2c(cc1N)C=C(N)C2.CC. The zero-order chi connectivity index (χ0) is 12.1. The minimum atomic E-state index is 0.813. The van der Waals surface area contributed by atoms with E-state index in [1.165, 1.54) is 5.56 Å². The summed E-state index contributed by atoms with van der Waals surface area (Å²) in [6.45, 7) is 5.99. The highest BCUT2D eigenvalue weighted by Gasteiger charge is 2.11. The van der Waals surface area contributed by atoms with Crippen molar-refractivity contribution in [2.75, 3.05) is 5.73 Å². The molecule has 0 spiro atoms. The van der Waals surface area contributed by atoms with Crippen LogP contribution in [0.2, 0.25) is 0 Å². The Morgan fingerprint density at radius 1 is 1.19 bits per heavy atom. The molecule has 0 fully saturated rings. The molecule has 1 aromatic carbocycles. The first-order valence-corrected chi connectivity index (χ1v) is 5.72. The van der Waals surface area contributed by atoms with E-state index < -0.39 is 0 Å². The van der Waals surface area contributed by atoms with Crippen LogP contribution in [0.3, 0.4) is 0 Å². The Balaban J connectivity index is 0.000000606. The van der Waals surface area contributed by atoms with Crippen LogP contribution in [0.1, 0.15) is 37.5 Å². The number of nitrogens with two attached hydrogens (primary N) is 2. The predicted molar refractivity (Wildman–Crippen MR) is 72.8 cm³/mol. The zero-order valence-electron chi connectivity index (χ0n) is 10.2. The summed E-state index contributed by atoms with van der Waals surface area (Å²) in [6.07, 6.45) is 6.85. The molecule has 0 saturated heterocycles. The van der Waals surface area contributed by atoms with Crippen LogP contribution in [0.25, 0.3) is 12.2 Å². The highest BCUT2D eigenvalue weighted by Crippen LogP contribution is 2.27. The van der Waals surface area contributed by atoms with Crippen LogP contribution in [0.15, 0.2) is 23.9 Å². The van der Waals surface area contributed by atoms with Crippen molar-refractivity contribution in [3.63, 3.8) is 0 Å². The van der Waals surface area contributed by atoms with Crippen molar-refractivity contribution >= 4 is 17.8 Å². The fourth-order valence-electron chi connectivity index (χ4n) is 1.78. The summed E-state index contributed by atoms with van der Waals surface area (Å²) in [6, 6.07) is 4.10. The Morgan fingerprint density at radius 2 is 1.88 bits per heavy atom. The van der Waals surface area contributed by atoms with Crippen LogP contribution < -0.4 is 11.5 Å². The van der Waals surface area contributed by atoms with Crippen molar-refractivity contribution < 1.29 is 0 Å². The first-order chi connectivity index (χ1) is 7.70. The normalized spacial score (nSPS) is 13.1. The van der Waals surface area contributed by atoms with Gasteiger partial charge in [0.2, 0.25) is 0 Å². The lowest BCUT2D eigenvalue weighted by atomic mass is 10.0. The number of fused-ring (bicyclic) bond motifs is 1. The van der Waals surface area contributed by atoms with Crippen molar-refractivity contribution in [2.24, 2.45) is 5.73 Å². The summed E-state index contributed by atoms with van der Waals surface area (Å²) in [7, 11) is 0. The third kappa shape index (κ3) is 2.45. The van der Waals surface area contributed by atoms with Crippen LogP contribution in [0.4, 0.5) is 5.69 Å². The number of allylic oxidation sites excluding steroid dienone is 2. The van der Waals surface area contributed by atoms with E-state index in [9.17, 15) is 0 Å². The quantitative estimate of drug-likeness (QED) is 0.708. The molecule has 0 aromatic heterocycles. The van der Waals surface area contributed by atoms with Crippen LogP contribution in [0.5, 0.6) is 0 Å². The van der Waals surface area contributed by atoms with E-state index in [1.54, 1.807) is 0 Å². The lowest BCUT2D eigenvalue weighted by molar-refractivity contribution is 1.16. The van der Waals surface area contributed by atoms with E-state index in [2.05, 4.69) is 6.07 Å². The van der Waals surface area contributed by atoms with Gasteiger partial charge in [-0.1, -0.05) is 26.0 Å². The Labute approximate surface area is 97.7 Å². The van der Waals surface area contributed by atoms with Crippen LogP contribution in [0, 0.1) is 0 Å². The van der Waals surface area contributed by atoms with Gasteiger partial charge in [0, 0.05) is 17.8 Å². The van der Waals surface area contributed by atoms with Crippen molar-refractivity contribution in [3.8, 4) is 0 Å². The maximum Gasteiger partial charge on any atom is 0.0393 e. The van der Waals surface area contributed by atoms with Gasteiger partial charge in [0.15, 0.2) is 0 Å². The van der Waals surface area contributed by atoms with E-state index in [4.69, 9.17) is 11.5 Å². The van der Waals surface area contributed by atoms with E-state index in [0.29, 0.717) is 0 Å². The van der Waals surface area contributed by atoms with Gasteiger partial charge >= 0.3 is 0 Å². The van der Waals surface area contributed by atoms with E-state index >= 15 is 0 Å². The molecule has 16 heavy (non-hydrogen) atoms. The standard InChI is InChI=1S/C12H14N2.C2H6/c1-2-3-8-4-9-5-11(13)6-10(9)7-12(8)14;1-2/h2-4,6-7H,5,13-14H2,1H3;1-2H3/b3-2+;. The second kappa shape index (κ2) is 5.40. The van der Waals surface area contributed by atoms with Crippen LogP contribution in [-0.2, 0) is 6.42 Å². The number of hydrogen-bond acceptors (Lipinski definition) is 2. The molecule has 86 valence electrons. The molecule has 0 atom stereocenters. The summed E-state index contributed by atoms with van der Waals surface area (Å²) in [5.74, 6) is 0. The molecule has 0 unspecified atom stereocenters. The Bertz CT molecular complexity index is 429. The largest absolute Gasteiger partial charge is 0.402 e. The zero-order valence-corrected chi connectivity index (χ0v) is 10.2. The fourth-order valence-corrected chi connectivity index (χ4v) is 1.78. The molecule has 0 heterocycles. The molecule has 1 aliphatic rings. The molecular formula is C14H20N2. The van der Waals surface area contributed by atoms with Gasteiger partial charge in [0.1, 0.15) is 0 Å². The maximum atomic E-state index is 5.90. The third-order valence-electron chi connectivity index (χ3n) is 2.43. The maximum absolute atomic E-state index is 5.90. The number of hydrogen-bond donors (Lipinski definition) is 2. The van der Waals surface area contributed by atoms with Gasteiger partial charge in [0.25, 0.3) is 0 Å². The average Bonchev–Trinajstić information content (AvgIpc) is 2.61. The second-order valence-electron chi connectivity index (χ2n) is 3.58. The highest BCUT2D eigenvalue weighted by atomic mass is 14.6. The minimum Gasteiger partial charge on any atom is -0.402 e. The summed E-state index contributed by atoms with van der Waals surface area (Å²) in [4.78, 5) is 0. The lowest BCUT2D eigenvalue weighted by Gasteiger charge is -2.04. The molecule has 2 nitrogen and oxygen atoms in total. The summed E-state index contributed by atoms with van der Waals surface area (Å²) < 4.78 is 0. The van der Waals surface area contributed by atoms with Crippen molar-refractivity contribution in [1.82, 2.24) is 0 Å². The fraction of sp³-hybridized carbons (Fsp3) is 0.286. The van der Waals surface area contributed by atoms with Crippen molar-refractivity contribution in [2.45, 2.75) is 27.2 Å². The van der Waals surface area contributed by atoms with Crippen molar-refractivity contribution in [3.05, 3.63) is 40.6 Å². The van der Waals surface area contributed by atoms with Crippen LogP contribution >= 0.6 is 0 Å². The molecule has 2 rings (SSSR count). The molecule has 0 saturated carbocycles. The number of benzene rings is 1. The number of rotatable bonds is 1. The average molecular weight is 216 g/mol. The molecule has 0 aliphatic heterocycles. The Hall–Kier alpha value is -1.70. The van der Waals surface area contributed by atoms with Gasteiger partial charge in [-0.25, -0.2) is 0 Å².